The second kappa shape index (κ2) is 9.38. The van der Waals surface area contributed by atoms with Crippen molar-refractivity contribution < 1.29 is 15.0 Å². The molecular weight excluding hydrogens is 494 g/mol. The molecule has 4 heteroatoms. The Bertz CT molecular complexity index is 1220. The quantitative estimate of drug-likeness (QED) is 0.327. The van der Waals surface area contributed by atoms with Crippen LogP contribution in [0.15, 0.2) is 54.1 Å². The standard InChI is InChI=1S/C36H49NO3/c1-32-16-13-27(38)23-34(32)19-20-36(28(24-34)31(39)26-11-7-6-8-12-26)29(32)14-17-33(2)30(36)15-18-35(33,40)25-37-21-9-4-3-5-10-22-37/h6-8,11-12,19-20,24,27,29-30,38,40H,3-5,9-10,13-18,21-23,25H2,1-2H3/t27?,29-,30-,32-,33+,34+,35-,36-/m1/s1. The van der Waals surface area contributed by atoms with E-state index in [0.29, 0.717) is 12.3 Å². The minimum absolute atomic E-state index is 0.0204. The van der Waals surface area contributed by atoms with Crippen LogP contribution in [0.2, 0.25) is 0 Å². The number of hydrogen-bond donors (Lipinski definition) is 2. The average molecular weight is 544 g/mol. The Morgan fingerprint density at radius 3 is 2.27 bits per heavy atom. The predicted octanol–water partition coefficient (Wildman–Crippen LogP) is 6.73. The normalized spacial score (nSPS) is 46.5. The summed E-state index contributed by atoms with van der Waals surface area (Å²) in [6.07, 6.45) is 19.7. The summed E-state index contributed by atoms with van der Waals surface area (Å²) in [5.74, 6) is 0.739. The van der Waals surface area contributed by atoms with Crippen molar-refractivity contribution in [3.63, 3.8) is 0 Å². The number of allylic oxidation sites excluding steroid dienone is 4. The lowest BCUT2D eigenvalue weighted by Crippen LogP contribution is -2.67. The van der Waals surface area contributed by atoms with Crippen molar-refractivity contribution in [2.75, 3.05) is 19.6 Å². The molecule has 40 heavy (non-hydrogen) atoms. The number of likely N-dealkylation sites (tertiary alicyclic amines) is 1. The van der Waals surface area contributed by atoms with Crippen molar-refractivity contribution >= 4 is 5.78 Å². The van der Waals surface area contributed by atoms with Crippen molar-refractivity contribution in [2.45, 2.75) is 103 Å². The van der Waals surface area contributed by atoms with E-state index < -0.39 is 5.60 Å². The maximum Gasteiger partial charge on any atom is 0.189 e. The molecular formula is C36H49NO3. The zero-order chi connectivity index (χ0) is 27.8. The maximum atomic E-state index is 14.5. The van der Waals surface area contributed by atoms with Gasteiger partial charge >= 0.3 is 0 Å². The van der Waals surface area contributed by atoms with Crippen LogP contribution in [0.3, 0.4) is 0 Å². The highest BCUT2D eigenvalue weighted by atomic mass is 16.3. The van der Waals surface area contributed by atoms with E-state index >= 15 is 0 Å². The van der Waals surface area contributed by atoms with Crippen molar-refractivity contribution in [1.82, 2.24) is 4.90 Å². The topological polar surface area (TPSA) is 60.8 Å². The smallest absolute Gasteiger partial charge is 0.189 e. The van der Waals surface area contributed by atoms with E-state index in [1.54, 1.807) is 0 Å². The summed E-state index contributed by atoms with van der Waals surface area (Å²) in [6.45, 7) is 7.80. The van der Waals surface area contributed by atoms with Gasteiger partial charge in [0.25, 0.3) is 0 Å². The molecule has 8 atom stereocenters. The largest absolute Gasteiger partial charge is 0.393 e. The van der Waals surface area contributed by atoms with Crippen LogP contribution in [-0.2, 0) is 0 Å². The first-order valence-electron chi connectivity index (χ1n) is 16.3. The third-order valence-electron chi connectivity index (χ3n) is 13.4. The first kappa shape index (κ1) is 27.1. The Balaban J connectivity index is 1.32. The van der Waals surface area contributed by atoms with Crippen LogP contribution in [0.5, 0.6) is 0 Å². The van der Waals surface area contributed by atoms with Gasteiger partial charge in [0, 0.05) is 33.9 Å². The number of aliphatic hydroxyl groups is 2. The molecule has 1 saturated heterocycles. The molecule has 8 rings (SSSR count). The highest BCUT2D eigenvalue weighted by Gasteiger charge is 2.74. The lowest BCUT2D eigenvalue weighted by atomic mass is 9.32. The zero-order valence-electron chi connectivity index (χ0n) is 24.7. The lowest BCUT2D eigenvalue weighted by Gasteiger charge is -2.71. The van der Waals surface area contributed by atoms with Crippen molar-refractivity contribution in [2.24, 2.45) is 33.5 Å². The number of β-amino-alcohol motifs (C(OH)–C–C–N with tert-alkyl or cyclic N) is 1. The summed E-state index contributed by atoms with van der Waals surface area (Å²) in [7, 11) is 0. The Morgan fingerprint density at radius 2 is 1.52 bits per heavy atom. The molecule has 1 aromatic carbocycles. The van der Waals surface area contributed by atoms with Gasteiger partial charge in [0.15, 0.2) is 5.78 Å². The fraction of sp³-hybridized carbons (Fsp3) is 0.694. The Labute approximate surface area is 240 Å². The van der Waals surface area contributed by atoms with Gasteiger partial charge in [-0.1, -0.05) is 81.7 Å². The number of rotatable bonds is 4. The molecule has 4 nitrogen and oxygen atoms in total. The van der Waals surface area contributed by atoms with Gasteiger partial charge in [0.1, 0.15) is 0 Å². The van der Waals surface area contributed by atoms with Crippen LogP contribution >= 0.6 is 0 Å². The van der Waals surface area contributed by atoms with Crippen LogP contribution < -0.4 is 0 Å². The van der Waals surface area contributed by atoms with Crippen molar-refractivity contribution in [3.8, 4) is 0 Å². The molecule has 0 radical (unpaired) electrons. The summed E-state index contributed by atoms with van der Waals surface area (Å²) in [5, 5.41) is 23.5. The molecule has 1 heterocycles. The van der Waals surface area contributed by atoms with E-state index in [2.05, 4.69) is 37.0 Å². The van der Waals surface area contributed by atoms with E-state index in [0.717, 1.165) is 69.3 Å². The molecule has 6 aliphatic carbocycles. The van der Waals surface area contributed by atoms with E-state index in [1.807, 2.05) is 30.3 Å². The molecule has 1 unspecified atom stereocenters. The van der Waals surface area contributed by atoms with Gasteiger partial charge in [0.2, 0.25) is 0 Å². The van der Waals surface area contributed by atoms with E-state index in [9.17, 15) is 15.0 Å². The number of carbonyl (C=O) groups is 1. The molecule has 2 N–H and O–H groups in total. The van der Waals surface area contributed by atoms with E-state index in [1.165, 1.54) is 32.1 Å². The SMILES string of the molecule is C[C@]12CC[C@H]3[C@]4(C=C[C@@]5(C=C4C(=O)c4ccccc4)CC(O)CC[C@]35C)[C@@H]1CC[C@@]2(O)CN1CCCCCCC1. The van der Waals surface area contributed by atoms with E-state index in [-0.39, 0.29) is 39.5 Å². The summed E-state index contributed by atoms with van der Waals surface area (Å²) in [5.41, 5.74) is 0.133. The number of aliphatic hydroxyl groups excluding tert-OH is 1. The van der Waals surface area contributed by atoms with Gasteiger partial charge in [0.05, 0.1) is 11.7 Å². The third-order valence-corrected chi connectivity index (χ3v) is 13.4. The summed E-state index contributed by atoms with van der Waals surface area (Å²) < 4.78 is 0. The van der Waals surface area contributed by atoms with Gasteiger partial charge in [-0.15, -0.1) is 0 Å². The van der Waals surface area contributed by atoms with Crippen molar-refractivity contribution in [1.29, 1.82) is 0 Å². The van der Waals surface area contributed by atoms with Crippen LogP contribution in [0.25, 0.3) is 0 Å². The number of Topliss-reactive ketones (excluding diaryl/α,β-unsaturated/α-hetero) is 1. The average Bonchev–Trinajstić information content (AvgIpc) is 3.20. The highest BCUT2D eigenvalue weighted by molar-refractivity contribution is 6.10. The maximum absolute atomic E-state index is 14.5. The van der Waals surface area contributed by atoms with Crippen LogP contribution in [0.1, 0.15) is 101 Å². The van der Waals surface area contributed by atoms with Gasteiger partial charge in [-0.05, 0) is 88.1 Å². The first-order valence-corrected chi connectivity index (χ1v) is 16.3. The van der Waals surface area contributed by atoms with Crippen LogP contribution in [0, 0.1) is 33.5 Å². The van der Waals surface area contributed by atoms with Gasteiger partial charge in [-0.3, -0.25) is 4.79 Å². The molecule has 3 saturated carbocycles. The zero-order valence-corrected chi connectivity index (χ0v) is 24.7. The van der Waals surface area contributed by atoms with Gasteiger partial charge in [-0.2, -0.15) is 0 Å². The molecule has 1 aliphatic heterocycles. The molecule has 7 aliphatic rings. The van der Waals surface area contributed by atoms with Crippen LogP contribution in [0.4, 0.5) is 0 Å². The summed E-state index contributed by atoms with van der Waals surface area (Å²) >= 11 is 0. The van der Waals surface area contributed by atoms with Gasteiger partial charge in [-0.25, -0.2) is 0 Å². The summed E-state index contributed by atoms with van der Waals surface area (Å²) in [6, 6.07) is 9.83. The number of fused-ring (bicyclic) bond motifs is 1. The van der Waals surface area contributed by atoms with Crippen LogP contribution in [-0.4, -0.2) is 52.2 Å². The molecule has 4 fully saturated rings. The highest BCUT2D eigenvalue weighted by Crippen LogP contribution is 2.78. The predicted molar refractivity (Wildman–Crippen MR) is 159 cm³/mol. The Morgan fingerprint density at radius 1 is 0.875 bits per heavy atom. The minimum Gasteiger partial charge on any atom is -0.393 e. The minimum atomic E-state index is -0.735. The molecule has 2 bridgehead atoms. The number of benzene rings is 1. The Hall–Kier alpha value is -1.75. The fourth-order valence-electron chi connectivity index (χ4n) is 11.2. The Kier molecular flexibility index (Phi) is 6.35. The lowest BCUT2D eigenvalue weighted by molar-refractivity contribution is -0.176. The molecule has 0 aromatic heterocycles. The number of ketones is 1. The molecule has 2 spiro atoms. The first-order chi connectivity index (χ1) is 19.2. The number of nitrogens with zero attached hydrogens (tertiary/aromatic N) is 1. The second-order valence-corrected chi connectivity index (χ2v) is 15.0. The summed E-state index contributed by atoms with van der Waals surface area (Å²) in [4.78, 5) is 17.1. The fourth-order valence-corrected chi connectivity index (χ4v) is 11.2. The number of hydrogen-bond acceptors (Lipinski definition) is 4. The van der Waals surface area contributed by atoms with Crippen molar-refractivity contribution in [3.05, 3.63) is 59.7 Å². The number of carbonyl (C=O) groups excluding carboxylic acids is 1. The second-order valence-electron chi connectivity index (χ2n) is 15.0. The molecule has 216 valence electrons. The third kappa shape index (κ3) is 3.57. The van der Waals surface area contributed by atoms with Gasteiger partial charge < -0.3 is 15.1 Å². The van der Waals surface area contributed by atoms with E-state index in [4.69, 9.17) is 0 Å². The monoisotopic (exact) mass is 543 g/mol. The molecule has 0 amide bonds. The molecule has 1 aromatic rings.